The lowest BCUT2D eigenvalue weighted by Crippen LogP contribution is -2.06. The van der Waals surface area contributed by atoms with Gasteiger partial charge in [0.25, 0.3) is 0 Å². The molecule has 0 fully saturated rings. The van der Waals surface area contributed by atoms with Gasteiger partial charge in [-0.05, 0) is 42.3 Å². The molecule has 1 heterocycles. The van der Waals surface area contributed by atoms with Gasteiger partial charge in [-0.1, -0.05) is 18.2 Å². The van der Waals surface area contributed by atoms with Crippen molar-refractivity contribution in [3.8, 4) is 17.2 Å². The Morgan fingerprint density at radius 1 is 1.15 bits per heavy atom. The fourth-order valence-corrected chi connectivity index (χ4v) is 2.16. The van der Waals surface area contributed by atoms with E-state index in [1.807, 2.05) is 43.3 Å². The van der Waals surface area contributed by atoms with E-state index in [4.69, 9.17) is 11.0 Å². The van der Waals surface area contributed by atoms with Crippen molar-refractivity contribution in [2.75, 3.05) is 0 Å². The van der Waals surface area contributed by atoms with E-state index >= 15 is 0 Å². The van der Waals surface area contributed by atoms with E-state index in [9.17, 15) is 0 Å². The van der Waals surface area contributed by atoms with E-state index in [-0.39, 0.29) is 6.04 Å². The van der Waals surface area contributed by atoms with Crippen LogP contribution in [-0.4, -0.2) is 9.97 Å². The van der Waals surface area contributed by atoms with Crippen molar-refractivity contribution in [2.24, 2.45) is 5.73 Å². The number of nitrogens with two attached hydrogens (primary N) is 1. The second kappa shape index (κ2) is 4.80. The monoisotopic (exact) mass is 262 g/mol. The van der Waals surface area contributed by atoms with Gasteiger partial charge in [-0.3, -0.25) is 0 Å². The summed E-state index contributed by atoms with van der Waals surface area (Å²) in [5.74, 6) is 0.789. The molecule has 0 bridgehead atoms. The zero-order valence-corrected chi connectivity index (χ0v) is 11.1. The highest BCUT2D eigenvalue weighted by Gasteiger charge is 2.07. The molecule has 0 radical (unpaired) electrons. The summed E-state index contributed by atoms with van der Waals surface area (Å²) < 4.78 is 0. The number of nitriles is 1. The number of benzene rings is 2. The van der Waals surface area contributed by atoms with Gasteiger partial charge < -0.3 is 10.7 Å². The van der Waals surface area contributed by atoms with Gasteiger partial charge in [-0.25, -0.2) is 4.98 Å². The predicted molar refractivity (Wildman–Crippen MR) is 78.8 cm³/mol. The maximum Gasteiger partial charge on any atom is 0.123 e. The molecule has 2 aromatic carbocycles. The number of nitrogens with one attached hydrogen (secondary N) is 1. The van der Waals surface area contributed by atoms with Crippen molar-refractivity contribution in [1.82, 2.24) is 9.97 Å². The number of aromatic nitrogens is 2. The van der Waals surface area contributed by atoms with E-state index in [1.165, 1.54) is 0 Å². The van der Waals surface area contributed by atoms with Crippen LogP contribution in [0.5, 0.6) is 0 Å². The molecule has 20 heavy (non-hydrogen) atoms. The van der Waals surface area contributed by atoms with Crippen molar-refractivity contribution in [3.63, 3.8) is 0 Å². The Hall–Kier alpha value is -2.64. The Labute approximate surface area is 116 Å². The molecule has 0 aliphatic rings. The van der Waals surface area contributed by atoms with Crippen LogP contribution in [0.25, 0.3) is 22.2 Å². The van der Waals surface area contributed by atoms with E-state index in [0.717, 1.165) is 28.0 Å². The summed E-state index contributed by atoms with van der Waals surface area (Å²) in [6.07, 6.45) is 0. The van der Waals surface area contributed by atoms with Crippen LogP contribution in [0.15, 0.2) is 42.5 Å². The fourth-order valence-electron chi connectivity index (χ4n) is 2.16. The number of aromatic amines is 1. The second-order valence-electron chi connectivity index (χ2n) is 4.83. The van der Waals surface area contributed by atoms with E-state index in [2.05, 4.69) is 22.1 Å². The molecule has 3 aromatic rings. The van der Waals surface area contributed by atoms with Gasteiger partial charge in [0.2, 0.25) is 0 Å². The Bertz CT molecular complexity index is 791. The quantitative estimate of drug-likeness (QED) is 0.744. The maximum atomic E-state index is 8.82. The molecule has 98 valence electrons. The van der Waals surface area contributed by atoms with Crippen molar-refractivity contribution in [3.05, 3.63) is 53.9 Å². The lowest BCUT2D eigenvalue weighted by atomic mass is 10.0. The minimum absolute atomic E-state index is 0.110. The molecule has 1 aromatic heterocycles. The maximum absolute atomic E-state index is 8.82. The SMILES string of the molecule is C[C@H](N)c1nc2ccc(-c3ccc(C#N)cc3)cc2[nH]1. The molecule has 4 nitrogen and oxygen atoms in total. The number of fused-ring (bicyclic) bond motifs is 1. The molecular formula is C16H14N4. The van der Waals surface area contributed by atoms with Gasteiger partial charge in [-0.15, -0.1) is 0 Å². The van der Waals surface area contributed by atoms with Crippen LogP contribution >= 0.6 is 0 Å². The summed E-state index contributed by atoms with van der Waals surface area (Å²) >= 11 is 0. The Morgan fingerprint density at radius 3 is 2.50 bits per heavy atom. The zero-order chi connectivity index (χ0) is 14.1. The molecule has 1 atom stereocenters. The Balaban J connectivity index is 2.05. The average molecular weight is 262 g/mol. The third kappa shape index (κ3) is 2.15. The molecule has 0 spiro atoms. The Kier molecular flexibility index (Phi) is 2.97. The minimum atomic E-state index is -0.110. The number of rotatable bonds is 2. The molecule has 3 rings (SSSR count). The number of hydrogen-bond donors (Lipinski definition) is 2. The molecule has 0 amide bonds. The molecule has 0 unspecified atom stereocenters. The van der Waals surface area contributed by atoms with Crippen LogP contribution < -0.4 is 5.73 Å². The first-order valence-corrected chi connectivity index (χ1v) is 6.43. The number of imidazole rings is 1. The summed E-state index contributed by atoms with van der Waals surface area (Å²) in [6, 6.07) is 15.6. The highest BCUT2D eigenvalue weighted by molar-refractivity contribution is 5.82. The van der Waals surface area contributed by atoms with Gasteiger partial charge in [0, 0.05) is 0 Å². The van der Waals surface area contributed by atoms with Crippen LogP contribution in [0.2, 0.25) is 0 Å². The van der Waals surface area contributed by atoms with Gasteiger partial charge in [0.05, 0.1) is 28.7 Å². The topological polar surface area (TPSA) is 78.5 Å². The molecule has 0 saturated carbocycles. The van der Waals surface area contributed by atoms with Crippen LogP contribution in [-0.2, 0) is 0 Å². The molecular weight excluding hydrogens is 248 g/mol. The zero-order valence-electron chi connectivity index (χ0n) is 11.1. The van der Waals surface area contributed by atoms with Gasteiger partial charge in [-0.2, -0.15) is 5.26 Å². The Morgan fingerprint density at radius 2 is 1.85 bits per heavy atom. The van der Waals surface area contributed by atoms with Crippen LogP contribution in [0.3, 0.4) is 0 Å². The molecule has 0 aliphatic carbocycles. The lowest BCUT2D eigenvalue weighted by molar-refractivity contribution is 0.760. The number of H-pyrrole nitrogens is 1. The number of hydrogen-bond acceptors (Lipinski definition) is 3. The first-order valence-electron chi connectivity index (χ1n) is 6.43. The fraction of sp³-hybridized carbons (Fsp3) is 0.125. The van der Waals surface area contributed by atoms with Gasteiger partial charge >= 0.3 is 0 Å². The van der Waals surface area contributed by atoms with Crippen molar-refractivity contribution < 1.29 is 0 Å². The van der Waals surface area contributed by atoms with E-state index in [0.29, 0.717) is 5.56 Å². The lowest BCUT2D eigenvalue weighted by Gasteiger charge is -2.01. The van der Waals surface area contributed by atoms with E-state index in [1.54, 1.807) is 0 Å². The standard InChI is InChI=1S/C16H14N4/c1-10(18)16-19-14-7-6-13(8-15(14)20-16)12-4-2-11(9-17)3-5-12/h2-8,10H,18H2,1H3,(H,19,20)/t10-/m0/s1. The van der Waals surface area contributed by atoms with Crippen molar-refractivity contribution in [2.45, 2.75) is 13.0 Å². The summed E-state index contributed by atoms with van der Waals surface area (Å²) in [4.78, 5) is 7.69. The van der Waals surface area contributed by atoms with Gasteiger partial charge in [0.15, 0.2) is 0 Å². The highest BCUT2D eigenvalue weighted by atomic mass is 15.0. The third-order valence-corrected chi connectivity index (χ3v) is 3.28. The molecule has 0 aliphatic heterocycles. The van der Waals surface area contributed by atoms with Crippen molar-refractivity contribution in [1.29, 1.82) is 5.26 Å². The molecule has 0 saturated heterocycles. The molecule has 4 heteroatoms. The van der Waals surface area contributed by atoms with Crippen molar-refractivity contribution >= 4 is 11.0 Å². The van der Waals surface area contributed by atoms with Gasteiger partial charge in [0.1, 0.15) is 5.82 Å². The van der Waals surface area contributed by atoms with Crippen LogP contribution in [0, 0.1) is 11.3 Å². The second-order valence-corrected chi connectivity index (χ2v) is 4.83. The smallest absolute Gasteiger partial charge is 0.123 e. The van der Waals surface area contributed by atoms with Crippen LogP contribution in [0.4, 0.5) is 0 Å². The van der Waals surface area contributed by atoms with Crippen LogP contribution in [0.1, 0.15) is 24.4 Å². The molecule has 3 N–H and O–H groups in total. The first kappa shape index (κ1) is 12.4. The summed E-state index contributed by atoms with van der Waals surface area (Å²) in [5.41, 5.74) is 10.5. The minimum Gasteiger partial charge on any atom is -0.341 e. The summed E-state index contributed by atoms with van der Waals surface area (Å²) in [5, 5.41) is 8.82. The summed E-state index contributed by atoms with van der Waals surface area (Å²) in [6.45, 7) is 1.90. The third-order valence-electron chi connectivity index (χ3n) is 3.28. The number of nitrogens with zero attached hydrogens (tertiary/aromatic N) is 2. The largest absolute Gasteiger partial charge is 0.341 e. The first-order chi connectivity index (χ1) is 9.67. The van der Waals surface area contributed by atoms with E-state index < -0.39 is 0 Å². The highest BCUT2D eigenvalue weighted by Crippen LogP contribution is 2.24. The normalized spacial score (nSPS) is 12.2. The summed E-state index contributed by atoms with van der Waals surface area (Å²) in [7, 11) is 0. The predicted octanol–water partition coefficient (Wildman–Crippen LogP) is 3.12. The average Bonchev–Trinajstić information content (AvgIpc) is 2.90.